The van der Waals surface area contributed by atoms with Crippen LogP contribution in [0.5, 0.6) is 11.5 Å². The first-order valence-corrected chi connectivity index (χ1v) is 13.2. The Labute approximate surface area is 204 Å². The molecule has 3 aromatic rings. The standard InChI is InChI=1S/C25H28N4O5S/c30-25(26-18-20-5-1-2-6-22(20)29-12-3-11-27-29)19-9-13-28(14-10-19)35(31,32)21-7-8-23-24(17-21)34-16-4-15-33-23/h1-3,5-8,11-12,17,19H,4,9-10,13-16,18H2,(H,26,30). The number of nitrogens with zero attached hydrogens (tertiary/aromatic N) is 3. The first-order chi connectivity index (χ1) is 17.0. The molecule has 0 aliphatic carbocycles. The van der Waals surface area contributed by atoms with Gasteiger partial charge in [-0.3, -0.25) is 4.79 Å². The van der Waals surface area contributed by atoms with Crippen LogP contribution in [0.2, 0.25) is 0 Å². The molecular formula is C25H28N4O5S. The molecule has 3 heterocycles. The van der Waals surface area contributed by atoms with Gasteiger partial charge >= 0.3 is 0 Å². The van der Waals surface area contributed by atoms with Gasteiger partial charge in [-0.15, -0.1) is 0 Å². The number of nitrogens with one attached hydrogen (secondary N) is 1. The number of ether oxygens (including phenoxy) is 2. The lowest BCUT2D eigenvalue weighted by Gasteiger charge is -2.30. The van der Waals surface area contributed by atoms with Gasteiger partial charge in [-0.2, -0.15) is 9.40 Å². The van der Waals surface area contributed by atoms with Crippen molar-refractivity contribution in [1.82, 2.24) is 19.4 Å². The minimum atomic E-state index is -3.69. The van der Waals surface area contributed by atoms with Crippen LogP contribution in [-0.4, -0.2) is 54.7 Å². The number of carbonyl (C=O) groups excluding carboxylic acids is 1. The van der Waals surface area contributed by atoms with Crippen LogP contribution in [0.15, 0.2) is 65.8 Å². The van der Waals surface area contributed by atoms with Gasteiger partial charge in [0.15, 0.2) is 11.5 Å². The molecular weight excluding hydrogens is 468 g/mol. The van der Waals surface area contributed by atoms with E-state index in [0.29, 0.717) is 57.2 Å². The van der Waals surface area contributed by atoms with Crippen LogP contribution in [0.25, 0.3) is 5.69 Å². The molecule has 0 radical (unpaired) electrons. The van der Waals surface area contributed by atoms with Gasteiger partial charge in [0.2, 0.25) is 15.9 Å². The molecule has 1 N–H and O–H groups in total. The molecule has 1 aromatic heterocycles. The van der Waals surface area contributed by atoms with Crippen LogP contribution in [0.3, 0.4) is 0 Å². The van der Waals surface area contributed by atoms with Gasteiger partial charge in [0.05, 0.1) is 23.8 Å². The summed E-state index contributed by atoms with van der Waals surface area (Å²) in [5.74, 6) is 0.717. The quantitative estimate of drug-likeness (QED) is 0.563. The molecule has 2 aromatic carbocycles. The van der Waals surface area contributed by atoms with E-state index in [2.05, 4.69) is 10.4 Å². The van der Waals surface area contributed by atoms with E-state index in [0.717, 1.165) is 17.7 Å². The zero-order valence-corrected chi connectivity index (χ0v) is 20.1. The average molecular weight is 497 g/mol. The van der Waals surface area contributed by atoms with E-state index in [4.69, 9.17) is 9.47 Å². The summed E-state index contributed by atoms with van der Waals surface area (Å²) in [5.41, 5.74) is 1.87. The number of hydrogen-bond donors (Lipinski definition) is 1. The summed E-state index contributed by atoms with van der Waals surface area (Å²) < 4.78 is 40.9. The molecule has 2 aliphatic heterocycles. The number of para-hydroxylation sites is 1. The van der Waals surface area contributed by atoms with Crippen molar-refractivity contribution in [3.8, 4) is 17.2 Å². The van der Waals surface area contributed by atoms with Gasteiger partial charge in [0, 0.05) is 50.4 Å². The fraction of sp³-hybridized carbons (Fsp3) is 0.360. The highest BCUT2D eigenvalue weighted by molar-refractivity contribution is 7.89. The molecule has 0 spiro atoms. The Kier molecular flexibility index (Phi) is 6.74. The first kappa shape index (κ1) is 23.4. The van der Waals surface area contributed by atoms with Crippen LogP contribution < -0.4 is 14.8 Å². The molecule has 5 rings (SSSR count). The summed E-state index contributed by atoms with van der Waals surface area (Å²) in [6, 6.07) is 14.4. The van der Waals surface area contributed by atoms with Gasteiger partial charge < -0.3 is 14.8 Å². The molecule has 1 saturated heterocycles. The predicted molar refractivity (Wildman–Crippen MR) is 129 cm³/mol. The third kappa shape index (κ3) is 5.03. The fourth-order valence-corrected chi connectivity index (χ4v) is 5.92. The zero-order valence-electron chi connectivity index (χ0n) is 19.3. The number of hydrogen-bond acceptors (Lipinski definition) is 6. The number of rotatable bonds is 6. The van der Waals surface area contributed by atoms with E-state index >= 15 is 0 Å². The highest BCUT2D eigenvalue weighted by atomic mass is 32.2. The lowest BCUT2D eigenvalue weighted by molar-refractivity contribution is -0.126. The van der Waals surface area contributed by atoms with Crippen molar-refractivity contribution in [3.63, 3.8) is 0 Å². The second kappa shape index (κ2) is 10.1. The largest absolute Gasteiger partial charge is 0.490 e. The van der Waals surface area contributed by atoms with E-state index < -0.39 is 10.0 Å². The van der Waals surface area contributed by atoms with Gasteiger partial charge in [0.1, 0.15) is 0 Å². The number of carbonyl (C=O) groups is 1. The normalized spacial score (nSPS) is 17.0. The van der Waals surface area contributed by atoms with Gasteiger partial charge in [-0.05, 0) is 42.7 Å². The lowest BCUT2D eigenvalue weighted by atomic mass is 9.97. The van der Waals surface area contributed by atoms with Gasteiger partial charge in [-0.1, -0.05) is 18.2 Å². The summed E-state index contributed by atoms with van der Waals surface area (Å²) in [7, 11) is -3.69. The third-order valence-corrected chi connectivity index (χ3v) is 8.27. The van der Waals surface area contributed by atoms with E-state index in [1.165, 1.54) is 10.4 Å². The number of fused-ring (bicyclic) bond motifs is 1. The summed E-state index contributed by atoms with van der Waals surface area (Å²) in [6.45, 7) is 2.00. The molecule has 35 heavy (non-hydrogen) atoms. The van der Waals surface area contributed by atoms with E-state index in [-0.39, 0.29) is 16.7 Å². The Morgan fingerprint density at radius 1 is 1.03 bits per heavy atom. The highest BCUT2D eigenvalue weighted by Gasteiger charge is 2.32. The van der Waals surface area contributed by atoms with E-state index in [1.54, 1.807) is 23.0 Å². The van der Waals surface area contributed by atoms with Crippen LogP contribution >= 0.6 is 0 Å². The van der Waals surface area contributed by atoms with E-state index in [9.17, 15) is 13.2 Å². The number of benzene rings is 2. The average Bonchev–Trinajstić information content (AvgIpc) is 3.32. The number of aromatic nitrogens is 2. The molecule has 184 valence electrons. The van der Waals surface area contributed by atoms with Crippen molar-refractivity contribution < 1.29 is 22.7 Å². The Balaban J connectivity index is 1.19. The Hall–Kier alpha value is -3.37. The maximum Gasteiger partial charge on any atom is 0.243 e. The molecule has 10 heteroatoms. The number of sulfonamides is 1. The topological polar surface area (TPSA) is 103 Å². The number of amides is 1. The minimum absolute atomic E-state index is 0.0621. The Morgan fingerprint density at radius 3 is 2.57 bits per heavy atom. The lowest BCUT2D eigenvalue weighted by Crippen LogP contribution is -2.42. The van der Waals surface area contributed by atoms with Crippen LogP contribution in [-0.2, 0) is 21.4 Å². The Bertz CT molecular complexity index is 1280. The van der Waals surface area contributed by atoms with Gasteiger partial charge in [-0.25, -0.2) is 13.1 Å². The van der Waals surface area contributed by atoms with Crippen molar-refractivity contribution in [1.29, 1.82) is 0 Å². The Morgan fingerprint density at radius 2 is 1.80 bits per heavy atom. The van der Waals surface area contributed by atoms with Crippen LogP contribution in [0.1, 0.15) is 24.8 Å². The third-order valence-electron chi connectivity index (χ3n) is 6.38. The molecule has 0 atom stereocenters. The molecule has 1 amide bonds. The van der Waals surface area contributed by atoms with E-state index in [1.807, 2.05) is 36.5 Å². The predicted octanol–water partition coefficient (Wildman–Crippen LogP) is 2.75. The van der Waals surface area contributed by atoms with Crippen molar-refractivity contribution in [2.45, 2.75) is 30.7 Å². The maximum absolute atomic E-state index is 13.2. The fourth-order valence-electron chi connectivity index (χ4n) is 4.43. The van der Waals surface area contributed by atoms with Crippen molar-refractivity contribution in [3.05, 3.63) is 66.5 Å². The summed E-state index contributed by atoms with van der Waals surface area (Å²) >= 11 is 0. The number of piperidine rings is 1. The van der Waals surface area contributed by atoms with Crippen LogP contribution in [0.4, 0.5) is 0 Å². The zero-order chi connectivity index (χ0) is 24.3. The molecule has 0 bridgehead atoms. The minimum Gasteiger partial charge on any atom is -0.490 e. The van der Waals surface area contributed by atoms with Crippen molar-refractivity contribution >= 4 is 15.9 Å². The smallest absolute Gasteiger partial charge is 0.243 e. The monoisotopic (exact) mass is 496 g/mol. The molecule has 1 fully saturated rings. The maximum atomic E-state index is 13.2. The van der Waals surface area contributed by atoms with Gasteiger partial charge in [0.25, 0.3) is 0 Å². The van der Waals surface area contributed by atoms with Crippen LogP contribution in [0, 0.1) is 5.92 Å². The SMILES string of the molecule is O=C(NCc1ccccc1-n1cccn1)C1CCN(S(=O)(=O)c2ccc3c(c2)OCCCO3)CC1. The highest BCUT2D eigenvalue weighted by Crippen LogP contribution is 2.33. The molecule has 0 unspecified atom stereocenters. The summed E-state index contributed by atoms with van der Waals surface area (Å²) in [5, 5.41) is 7.29. The van der Waals surface area contributed by atoms with Crippen molar-refractivity contribution in [2.75, 3.05) is 26.3 Å². The summed E-state index contributed by atoms with van der Waals surface area (Å²) in [4.78, 5) is 13.0. The second-order valence-corrected chi connectivity index (χ2v) is 10.6. The summed E-state index contributed by atoms with van der Waals surface area (Å²) in [6.07, 6.45) is 5.26. The molecule has 0 saturated carbocycles. The first-order valence-electron chi connectivity index (χ1n) is 11.8. The van der Waals surface area contributed by atoms with Crippen molar-refractivity contribution in [2.24, 2.45) is 5.92 Å². The second-order valence-electron chi connectivity index (χ2n) is 8.63. The molecule has 2 aliphatic rings. The molecule has 9 nitrogen and oxygen atoms in total.